The Balaban J connectivity index is 1.32. The summed E-state index contributed by atoms with van der Waals surface area (Å²) in [5.41, 5.74) is 2.11. The van der Waals surface area contributed by atoms with E-state index in [1.54, 1.807) is 0 Å². The summed E-state index contributed by atoms with van der Waals surface area (Å²) in [5.74, 6) is 1.63. The van der Waals surface area contributed by atoms with E-state index in [0.29, 0.717) is 25.8 Å². The largest absolute Gasteiger partial charge is 0.486 e. The molecule has 0 radical (unpaired) electrons. The zero-order valence-corrected chi connectivity index (χ0v) is 14.6. The molecular weight excluding hydrogens is 318 g/mol. The highest BCUT2D eigenvalue weighted by molar-refractivity contribution is 5.43. The number of aromatic nitrogens is 3. The second-order valence-corrected chi connectivity index (χ2v) is 6.84. The lowest BCUT2D eigenvalue weighted by Gasteiger charge is -2.29. The monoisotopic (exact) mass is 343 g/mol. The first kappa shape index (κ1) is 16.4. The molecule has 2 aliphatic heterocycles. The number of hydrogen-bond donors (Lipinski definition) is 1. The molecule has 1 aromatic carbocycles. The van der Waals surface area contributed by atoms with Gasteiger partial charge in [-0.3, -0.25) is 0 Å². The van der Waals surface area contributed by atoms with Crippen LogP contribution in [-0.4, -0.2) is 59.3 Å². The van der Waals surface area contributed by atoms with Gasteiger partial charge in [-0.15, -0.1) is 5.10 Å². The van der Waals surface area contributed by atoms with Crippen molar-refractivity contribution < 1.29 is 9.47 Å². The summed E-state index contributed by atoms with van der Waals surface area (Å²) in [6, 6.07) is 6.61. The molecule has 1 saturated heterocycles. The SMILES string of the molecule is CN1CCC(NCc2cn(Cc3ccc4c(c3)OCCO4)nn2)CC1. The molecule has 4 rings (SSSR count). The number of fused-ring (bicyclic) bond motifs is 1. The lowest BCUT2D eigenvalue weighted by Crippen LogP contribution is -2.40. The smallest absolute Gasteiger partial charge is 0.161 e. The average molecular weight is 343 g/mol. The van der Waals surface area contributed by atoms with Crippen LogP contribution in [0.1, 0.15) is 24.1 Å². The number of ether oxygens (including phenoxy) is 2. The minimum Gasteiger partial charge on any atom is -0.486 e. The highest BCUT2D eigenvalue weighted by atomic mass is 16.6. The normalized spacial score (nSPS) is 18.4. The minimum absolute atomic E-state index is 0.583. The van der Waals surface area contributed by atoms with Crippen molar-refractivity contribution in [2.45, 2.75) is 32.0 Å². The molecular formula is C18H25N5O2. The Bertz CT molecular complexity index is 709. The van der Waals surface area contributed by atoms with E-state index in [1.165, 1.54) is 12.8 Å². The second-order valence-electron chi connectivity index (χ2n) is 6.84. The average Bonchev–Trinajstić information content (AvgIpc) is 3.08. The first-order valence-electron chi connectivity index (χ1n) is 8.96. The van der Waals surface area contributed by atoms with Crippen LogP contribution in [0.5, 0.6) is 11.5 Å². The van der Waals surface area contributed by atoms with Gasteiger partial charge in [-0.05, 0) is 50.7 Å². The molecule has 0 atom stereocenters. The molecule has 134 valence electrons. The number of hydrogen-bond acceptors (Lipinski definition) is 6. The molecule has 1 aromatic heterocycles. The van der Waals surface area contributed by atoms with Crippen molar-refractivity contribution in [2.75, 3.05) is 33.4 Å². The predicted molar refractivity (Wildman–Crippen MR) is 93.9 cm³/mol. The van der Waals surface area contributed by atoms with Gasteiger partial charge in [0.15, 0.2) is 11.5 Å². The van der Waals surface area contributed by atoms with Gasteiger partial charge in [-0.25, -0.2) is 4.68 Å². The third kappa shape index (κ3) is 4.11. The summed E-state index contributed by atoms with van der Waals surface area (Å²) >= 11 is 0. The van der Waals surface area contributed by atoms with Crippen molar-refractivity contribution >= 4 is 0 Å². The van der Waals surface area contributed by atoms with Crippen molar-refractivity contribution in [3.8, 4) is 11.5 Å². The molecule has 0 spiro atoms. The first-order valence-corrected chi connectivity index (χ1v) is 8.96. The maximum Gasteiger partial charge on any atom is 0.161 e. The molecule has 0 aliphatic carbocycles. The van der Waals surface area contributed by atoms with Gasteiger partial charge in [0, 0.05) is 12.6 Å². The molecule has 7 nitrogen and oxygen atoms in total. The molecule has 0 bridgehead atoms. The van der Waals surface area contributed by atoms with Crippen LogP contribution in [0.3, 0.4) is 0 Å². The number of benzene rings is 1. The maximum atomic E-state index is 5.64. The van der Waals surface area contributed by atoms with Gasteiger partial charge in [0.1, 0.15) is 13.2 Å². The Hall–Kier alpha value is -2.12. The van der Waals surface area contributed by atoms with Crippen molar-refractivity contribution in [3.63, 3.8) is 0 Å². The van der Waals surface area contributed by atoms with Crippen molar-refractivity contribution in [2.24, 2.45) is 0 Å². The fraction of sp³-hybridized carbons (Fsp3) is 0.556. The van der Waals surface area contributed by atoms with Crippen molar-refractivity contribution in [3.05, 3.63) is 35.7 Å². The third-order valence-electron chi connectivity index (χ3n) is 4.83. The van der Waals surface area contributed by atoms with Gasteiger partial charge in [-0.1, -0.05) is 11.3 Å². The quantitative estimate of drug-likeness (QED) is 0.882. The first-order chi connectivity index (χ1) is 12.3. The summed E-state index contributed by atoms with van der Waals surface area (Å²) < 4.78 is 13.1. The maximum absolute atomic E-state index is 5.64. The van der Waals surface area contributed by atoms with E-state index in [2.05, 4.69) is 27.6 Å². The van der Waals surface area contributed by atoms with Gasteiger partial charge in [0.2, 0.25) is 0 Å². The predicted octanol–water partition coefficient (Wildman–Crippen LogP) is 1.28. The fourth-order valence-corrected chi connectivity index (χ4v) is 3.33. The van der Waals surface area contributed by atoms with Crippen LogP contribution < -0.4 is 14.8 Å². The molecule has 7 heteroatoms. The zero-order chi connectivity index (χ0) is 17.1. The molecule has 2 aliphatic rings. The van der Waals surface area contributed by atoms with Crippen LogP contribution in [0.4, 0.5) is 0 Å². The second kappa shape index (κ2) is 7.41. The van der Waals surface area contributed by atoms with E-state index >= 15 is 0 Å². The van der Waals surface area contributed by atoms with Crippen LogP contribution in [0.2, 0.25) is 0 Å². The molecule has 1 N–H and O–H groups in total. The highest BCUT2D eigenvalue weighted by Crippen LogP contribution is 2.30. The van der Waals surface area contributed by atoms with E-state index in [0.717, 1.165) is 42.4 Å². The van der Waals surface area contributed by atoms with Gasteiger partial charge in [-0.2, -0.15) is 0 Å². The number of likely N-dealkylation sites (tertiary alicyclic amines) is 1. The number of nitrogens with one attached hydrogen (secondary N) is 1. The van der Waals surface area contributed by atoms with E-state index in [9.17, 15) is 0 Å². The van der Waals surface area contributed by atoms with E-state index < -0.39 is 0 Å². The summed E-state index contributed by atoms with van der Waals surface area (Å²) in [5, 5.41) is 12.1. The Morgan fingerprint density at radius 1 is 1.16 bits per heavy atom. The van der Waals surface area contributed by atoms with E-state index in [4.69, 9.17) is 9.47 Å². The Morgan fingerprint density at radius 3 is 2.80 bits per heavy atom. The fourth-order valence-electron chi connectivity index (χ4n) is 3.33. The van der Waals surface area contributed by atoms with Crippen molar-refractivity contribution in [1.82, 2.24) is 25.2 Å². The number of piperidine rings is 1. The number of rotatable bonds is 5. The van der Waals surface area contributed by atoms with Crippen LogP contribution in [-0.2, 0) is 13.1 Å². The topological polar surface area (TPSA) is 64.4 Å². The molecule has 1 fully saturated rings. The lowest BCUT2D eigenvalue weighted by atomic mass is 10.1. The molecule has 0 saturated carbocycles. The Labute approximate surface area is 147 Å². The van der Waals surface area contributed by atoms with Crippen LogP contribution >= 0.6 is 0 Å². The lowest BCUT2D eigenvalue weighted by molar-refractivity contribution is 0.171. The molecule has 0 amide bonds. The summed E-state index contributed by atoms with van der Waals surface area (Å²) in [4.78, 5) is 2.38. The van der Waals surface area contributed by atoms with Gasteiger partial charge in [0.25, 0.3) is 0 Å². The molecule has 2 aromatic rings. The summed E-state index contributed by atoms with van der Waals surface area (Å²) in [6.45, 7) is 4.99. The van der Waals surface area contributed by atoms with E-state index in [1.807, 2.05) is 29.1 Å². The highest BCUT2D eigenvalue weighted by Gasteiger charge is 2.16. The van der Waals surface area contributed by atoms with Crippen LogP contribution in [0.15, 0.2) is 24.4 Å². The van der Waals surface area contributed by atoms with Gasteiger partial charge >= 0.3 is 0 Å². The molecule has 25 heavy (non-hydrogen) atoms. The van der Waals surface area contributed by atoms with Crippen LogP contribution in [0.25, 0.3) is 0 Å². The Morgan fingerprint density at radius 2 is 1.96 bits per heavy atom. The van der Waals surface area contributed by atoms with Gasteiger partial charge < -0.3 is 19.7 Å². The zero-order valence-electron chi connectivity index (χ0n) is 14.6. The van der Waals surface area contributed by atoms with Gasteiger partial charge in [0.05, 0.1) is 18.4 Å². The summed E-state index contributed by atoms with van der Waals surface area (Å²) in [6.07, 6.45) is 4.41. The van der Waals surface area contributed by atoms with Crippen LogP contribution in [0, 0.1) is 0 Å². The van der Waals surface area contributed by atoms with Crippen molar-refractivity contribution in [1.29, 1.82) is 0 Å². The summed E-state index contributed by atoms with van der Waals surface area (Å²) in [7, 11) is 2.18. The van der Waals surface area contributed by atoms with E-state index in [-0.39, 0.29) is 0 Å². The molecule has 0 unspecified atom stereocenters. The minimum atomic E-state index is 0.583. The third-order valence-corrected chi connectivity index (χ3v) is 4.83. The Kier molecular flexibility index (Phi) is 4.85. The standard InChI is InChI=1S/C18H25N5O2/c1-22-6-4-15(5-7-22)19-11-16-13-23(21-20-16)12-14-2-3-17-18(10-14)25-9-8-24-17/h2-3,10,13,15,19H,4-9,11-12H2,1H3. The molecule has 3 heterocycles. The number of nitrogens with zero attached hydrogens (tertiary/aromatic N) is 4.